The number of fused-ring (bicyclic) bond motifs is 4. The summed E-state index contributed by atoms with van der Waals surface area (Å²) in [6, 6.07) is 60.9. The zero-order valence-corrected chi connectivity index (χ0v) is 32.7. The molecular formula is C54H46N2O. The van der Waals surface area contributed by atoms with E-state index in [9.17, 15) is 0 Å². The van der Waals surface area contributed by atoms with Crippen molar-refractivity contribution in [1.29, 1.82) is 5.41 Å². The molecule has 1 heterocycles. The highest BCUT2D eigenvalue weighted by Gasteiger charge is 2.16. The van der Waals surface area contributed by atoms with Crippen LogP contribution in [0.2, 0.25) is 0 Å². The van der Waals surface area contributed by atoms with Crippen LogP contribution in [0.3, 0.4) is 0 Å². The Kier molecular flexibility index (Phi) is 10.6. The lowest BCUT2D eigenvalue weighted by Gasteiger charge is -2.17. The van der Waals surface area contributed by atoms with Crippen LogP contribution in [0.4, 0.5) is 0 Å². The van der Waals surface area contributed by atoms with Gasteiger partial charge in [-0.1, -0.05) is 159 Å². The van der Waals surface area contributed by atoms with Crippen molar-refractivity contribution >= 4 is 44.1 Å². The van der Waals surface area contributed by atoms with Crippen LogP contribution in [0.5, 0.6) is 0 Å². The van der Waals surface area contributed by atoms with E-state index in [1.165, 1.54) is 38.6 Å². The molecule has 0 fully saturated rings. The second kappa shape index (κ2) is 16.4. The summed E-state index contributed by atoms with van der Waals surface area (Å²) in [5.41, 5.74) is 22.0. The maximum Gasteiger partial charge on any atom is 0.135 e. The van der Waals surface area contributed by atoms with Gasteiger partial charge in [0.25, 0.3) is 0 Å². The Balaban J connectivity index is 0.000000355. The van der Waals surface area contributed by atoms with Crippen molar-refractivity contribution in [2.45, 2.75) is 33.6 Å². The molecule has 8 aromatic carbocycles. The lowest BCUT2D eigenvalue weighted by atomic mass is 9.88. The Hall–Kier alpha value is -6.97. The first-order valence-electron chi connectivity index (χ1n) is 19.7. The van der Waals surface area contributed by atoms with Gasteiger partial charge in [-0.2, -0.15) is 0 Å². The molecule has 3 heteroatoms. The molecule has 0 aliphatic heterocycles. The molecule has 3 nitrogen and oxygen atoms in total. The fourth-order valence-corrected chi connectivity index (χ4v) is 7.80. The van der Waals surface area contributed by atoms with Gasteiger partial charge in [0.15, 0.2) is 0 Å². The van der Waals surface area contributed by atoms with Crippen molar-refractivity contribution < 1.29 is 4.42 Å². The van der Waals surface area contributed by atoms with E-state index < -0.39 is 0 Å². The highest BCUT2D eigenvalue weighted by Crippen LogP contribution is 2.38. The van der Waals surface area contributed by atoms with Gasteiger partial charge in [-0.15, -0.1) is 0 Å². The molecular weight excluding hydrogens is 693 g/mol. The Morgan fingerprint density at radius 3 is 2.00 bits per heavy atom. The van der Waals surface area contributed by atoms with E-state index in [2.05, 4.69) is 142 Å². The lowest BCUT2D eigenvalue weighted by Crippen LogP contribution is -2.04. The van der Waals surface area contributed by atoms with Crippen molar-refractivity contribution in [2.75, 3.05) is 0 Å². The maximum atomic E-state index is 8.83. The van der Waals surface area contributed by atoms with Crippen molar-refractivity contribution in [1.82, 2.24) is 0 Å². The number of allylic oxidation sites excluding steroid dienone is 1. The molecule has 0 amide bonds. The van der Waals surface area contributed by atoms with Crippen LogP contribution in [-0.4, -0.2) is 5.71 Å². The monoisotopic (exact) mass is 738 g/mol. The minimum Gasteiger partial charge on any atom is -0.456 e. The molecule has 278 valence electrons. The minimum atomic E-state index is 0.375. The van der Waals surface area contributed by atoms with Crippen LogP contribution in [0.25, 0.3) is 71.8 Å². The van der Waals surface area contributed by atoms with Crippen molar-refractivity contribution in [2.24, 2.45) is 5.73 Å². The third kappa shape index (κ3) is 7.78. The van der Waals surface area contributed by atoms with Crippen LogP contribution in [0.15, 0.2) is 186 Å². The minimum absolute atomic E-state index is 0.375. The van der Waals surface area contributed by atoms with Gasteiger partial charge < -0.3 is 15.6 Å². The van der Waals surface area contributed by atoms with Crippen LogP contribution in [0, 0.1) is 19.3 Å². The first kappa shape index (κ1) is 37.0. The van der Waals surface area contributed by atoms with Gasteiger partial charge in [0.2, 0.25) is 0 Å². The van der Waals surface area contributed by atoms with Gasteiger partial charge >= 0.3 is 0 Å². The topological polar surface area (TPSA) is 63.0 Å². The Labute approximate surface area is 335 Å². The predicted molar refractivity (Wildman–Crippen MR) is 243 cm³/mol. The highest BCUT2D eigenvalue weighted by atomic mass is 16.3. The Bertz CT molecular complexity index is 2910. The number of hydrogen-bond acceptors (Lipinski definition) is 3. The molecule has 0 unspecified atom stereocenters. The summed E-state index contributed by atoms with van der Waals surface area (Å²) in [5, 5.41) is 13.7. The summed E-state index contributed by atoms with van der Waals surface area (Å²) in [5.74, 6) is 0. The van der Waals surface area contributed by atoms with E-state index in [0.29, 0.717) is 11.4 Å². The largest absolute Gasteiger partial charge is 0.456 e. The average molecular weight is 739 g/mol. The summed E-state index contributed by atoms with van der Waals surface area (Å²) in [6.45, 7) is 6.54. The number of aryl methyl sites for hydroxylation is 3. The smallest absolute Gasteiger partial charge is 0.135 e. The first-order valence-corrected chi connectivity index (χ1v) is 19.7. The standard InChI is InChI=1S/C43H36N2O.C11H10/c1-3-11-29-18-19-33(26-37(29)34-15-8-7-12-28(34)2)35-22-20-31(24-38(35)41(45)27-40(44)30-13-5-4-6-14-30)32-21-23-43-39(25-32)36-16-9-10-17-42(36)46-43;1-9-5-4-7-10-6-2-3-8-11(9)10/h4-10,12-27,44H,3,11,45H2,1-2H3;2-8H,1H3/b41-27-,44-40?;. The maximum absolute atomic E-state index is 8.83. The Morgan fingerprint density at radius 2 is 1.19 bits per heavy atom. The van der Waals surface area contributed by atoms with Crippen LogP contribution in [0.1, 0.15) is 41.2 Å². The SMILES string of the molecule is CCCc1ccc(-c2ccc(-c3ccc4oc5ccccc5c4c3)cc2/C(N)=C/C(=N)c2ccccc2)cc1-c1ccccc1C.Cc1cccc2ccccc12. The summed E-state index contributed by atoms with van der Waals surface area (Å²) in [4.78, 5) is 0. The summed E-state index contributed by atoms with van der Waals surface area (Å²) >= 11 is 0. The first-order chi connectivity index (χ1) is 27.9. The van der Waals surface area contributed by atoms with Crippen molar-refractivity contribution in [3.05, 3.63) is 210 Å². The second-order valence-corrected chi connectivity index (χ2v) is 14.7. The van der Waals surface area contributed by atoms with Gasteiger partial charge in [-0.05, 0) is 123 Å². The summed E-state index contributed by atoms with van der Waals surface area (Å²) in [7, 11) is 0. The van der Waals surface area contributed by atoms with Crippen LogP contribution >= 0.6 is 0 Å². The van der Waals surface area contributed by atoms with E-state index in [-0.39, 0.29) is 0 Å². The number of para-hydroxylation sites is 1. The summed E-state index contributed by atoms with van der Waals surface area (Å²) < 4.78 is 6.10. The van der Waals surface area contributed by atoms with Gasteiger partial charge in [0.1, 0.15) is 11.2 Å². The molecule has 1 aromatic heterocycles. The molecule has 0 aliphatic rings. The molecule has 0 radical (unpaired) electrons. The molecule has 3 N–H and O–H groups in total. The third-order valence-corrected chi connectivity index (χ3v) is 10.8. The van der Waals surface area contributed by atoms with E-state index in [0.717, 1.165) is 68.2 Å². The molecule has 0 saturated heterocycles. The van der Waals surface area contributed by atoms with E-state index in [1.54, 1.807) is 6.08 Å². The number of furan rings is 1. The molecule has 0 atom stereocenters. The highest BCUT2D eigenvalue weighted by molar-refractivity contribution is 6.11. The fourth-order valence-electron chi connectivity index (χ4n) is 7.80. The molecule has 0 saturated carbocycles. The predicted octanol–water partition coefficient (Wildman–Crippen LogP) is 14.4. The van der Waals surface area contributed by atoms with E-state index in [1.807, 2.05) is 54.6 Å². The van der Waals surface area contributed by atoms with Crippen LogP contribution < -0.4 is 5.73 Å². The van der Waals surface area contributed by atoms with Crippen LogP contribution in [-0.2, 0) is 6.42 Å². The number of rotatable bonds is 8. The zero-order chi connectivity index (χ0) is 39.3. The Morgan fingerprint density at radius 1 is 0.544 bits per heavy atom. The van der Waals surface area contributed by atoms with Gasteiger partial charge in [-0.25, -0.2) is 0 Å². The van der Waals surface area contributed by atoms with Crippen molar-refractivity contribution in [3.8, 4) is 33.4 Å². The number of benzene rings is 8. The summed E-state index contributed by atoms with van der Waals surface area (Å²) in [6.07, 6.45) is 3.86. The normalized spacial score (nSPS) is 11.5. The molecule has 0 aliphatic carbocycles. The average Bonchev–Trinajstić information content (AvgIpc) is 3.63. The van der Waals surface area contributed by atoms with Crippen molar-refractivity contribution in [3.63, 3.8) is 0 Å². The molecule has 57 heavy (non-hydrogen) atoms. The van der Waals surface area contributed by atoms with E-state index in [4.69, 9.17) is 15.6 Å². The third-order valence-electron chi connectivity index (χ3n) is 10.8. The van der Waals surface area contributed by atoms with Gasteiger partial charge in [0, 0.05) is 22.0 Å². The molecule has 9 rings (SSSR count). The number of nitrogens with two attached hydrogens (primary N) is 1. The molecule has 0 spiro atoms. The fraction of sp³-hybridized carbons (Fsp3) is 0.0926. The van der Waals surface area contributed by atoms with E-state index >= 15 is 0 Å². The number of nitrogens with one attached hydrogen (secondary N) is 1. The van der Waals surface area contributed by atoms with Gasteiger partial charge in [0.05, 0.1) is 5.71 Å². The lowest BCUT2D eigenvalue weighted by molar-refractivity contribution is 0.669. The molecule has 9 aromatic rings. The second-order valence-electron chi connectivity index (χ2n) is 14.7. The quantitative estimate of drug-likeness (QED) is 0.152. The number of hydrogen-bond donors (Lipinski definition) is 2. The zero-order valence-electron chi connectivity index (χ0n) is 32.7. The van der Waals surface area contributed by atoms with Gasteiger partial charge in [-0.3, -0.25) is 0 Å². The molecule has 0 bridgehead atoms.